The van der Waals surface area contributed by atoms with Crippen LogP contribution >= 0.6 is 75.3 Å². The molecule has 0 saturated heterocycles. The minimum atomic E-state index is -0.738. The number of unbranched alkanes of at least 4 members (excludes halogenated alkanes) is 3. The smallest absolute Gasteiger partial charge is 0.411 e. The number of nitrogens with two attached hydrogens (primary N) is 2. The SMILES string of the molecule is CCCCO.CCCCOC1Cc2cc(Br)ccc2C(=O)N1.CCOC(=O)Cl.CCOC(=O)Nc1cc(Br)ccc1CC.CCc1ccc(Br)cc1N.NCCCCO.O=C1Cc2cc(Br)ccc2C(=O)N1.O=C=O.O=C=O. The molecule has 1 atom stereocenters. The van der Waals surface area contributed by atoms with Crippen molar-refractivity contribution in [2.75, 3.05) is 50.6 Å². The lowest BCUT2D eigenvalue weighted by Gasteiger charge is -2.25. The van der Waals surface area contributed by atoms with E-state index in [1.54, 1.807) is 32.0 Å². The molecule has 0 aromatic heterocycles. The first kappa shape index (κ1) is 77.1. The summed E-state index contributed by atoms with van der Waals surface area (Å²) in [6.07, 6.45) is 8.74. The molecule has 4 aromatic rings. The number of aliphatic hydroxyl groups excluding tert-OH is 2. The third-order valence-corrected chi connectivity index (χ3v) is 11.7. The van der Waals surface area contributed by atoms with Crippen molar-refractivity contribution in [3.8, 4) is 0 Å². The highest BCUT2D eigenvalue weighted by Gasteiger charge is 2.24. The summed E-state index contributed by atoms with van der Waals surface area (Å²) in [6, 6.07) is 22.8. The highest BCUT2D eigenvalue weighted by atomic mass is 79.9. The Balaban J connectivity index is -0.000000857. The van der Waals surface area contributed by atoms with E-state index in [0.717, 1.165) is 109 Å². The molecule has 6 rings (SSSR count). The molecule has 1 unspecified atom stereocenters. The molecule has 0 spiro atoms. The summed E-state index contributed by atoms with van der Waals surface area (Å²) in [7, 11) is 0. The number of nitrogens with one attached hydrogen (secondary N) is 3. The van der Waals surface area contributed by atoms with E-state index >= 15 is 0 Å². The lowest BCUT2D eigenvalue weighted by Crippen LogP contribution is -2.43. The zero-order chi connectivity index (χ0) is 59.8. The number of fused-ring (bicyclic) bond motifs is 2. The molecule has 9 N–H and O–H groups in total. The van der Waals surface area contributed by atoms with Crippen molar-refractivity contribution >= 4 is 128 Å². The molecule has 0 radical (unpaired) electrons. The van der Waals surface area contributed by atoms with Crippen LogP contribution in [0.1, 0.15) is 123 Å². The summed E-state index contributed by atoms with van der Waals surface area (Å²) in [4.78, 5) is 87.4. The van der Waals surface area contributed by atoms with E-state index in [4.69, 9.17) is 61.9 Å². The molecule has 2 aliphatic heterocycles. The first-order chi connectivity index (χ1) is 37.2. The van der Waals surface area contributed by atoms with Crippen molar-refractivity contribution in [2.24, 2.45) is 5.73 Å². The number of halogens is 5. The Bertz CT molecular complexity index is 2430. The molecule has 0 fully saturated rings. The maximum Gasteiger partial charge on any atom is 0.411 e. The number of carbonyl (C=O) groups excluding carboxylic acids is 9. The molecule has 0 saturated carbocycles. The molecule has 78 heavy (non-hydrogen) atoms. The molecule has 0 bridgehead atoms. The van der Waals surface area contributed by atoms with E-state index in [1.807, 2.05) is 61.5 Å². The fraction of sp³-hybridized carbons (Fsp3) is 0.426. The number of carbonyl (C=O) groups is 5. The molecule has 2 aliphatic rings. The number of imide groups is 1. The number of hydrogen-bond acceptors (Lipinski definition) is 16. The topological polar surface area (TPSA) is 310 Å². The monoisotopic (exact) mass is 1370 g/mol. The molecule has 432 valence electrons. The van der Waals surface area contributed by atoms with Crippen LogP contribution in [0.25, 0.3) is 0 Å². The van der Waals surface area contributed by atoms with E-state index in [0.29, 0.717) is 38.5 Å². The second kappa shape index (κ2) is 50.1. The van der Waals surface area contributed by atoms with Crippen LogP contribution in [0.4, 0.5) is 21.0 Å². The lowest BCUT2D eigenvalue weighted by atomic mass is 9.99. The van der Waals surface area contributed by atoms with Crippen molar-refractivity contribution < 1.29 is 67.6 Å². The molecule has 0 aliphatic carbocycles. The summed E-state index contributed by atoms with van der Waals surface area (Å²) in [5.41, 5.74) is 17.2. The largest absolute Gasteiger partial charge is 0.454 e. The molecule has 2 heterocycles. The van der Waals surface area contributed by atoms with Gasteiger partial charge in [0, 0.05) is 78.2 Å². The fourth-order valence-electron chi connectivity index (χ4n) is 5.91. The first-order valence-electron chi connectivity index (χ1n) is 24.5. The Kier molecular flexibility index (Phi) is 49.5. The summed E-state index contributed by atoms with van der Waals surface area (Å²) in [6.45, 7) is 14.5. The lowest BCUT2D eigenvalue weighted by molar-refractivity contribution is -0.193. The summed E-state index contributed by atoms with van der Waals surface area (Å²) >= 11 is 18.1. The highest BCUT2D eigenvalue weighted by molar-refractivity contribution is 9.11. The maximum atomic E-state index is 11.8. The Morgan fingerprint density at radius 1 is 0.679 bits per heavy atom. The van der Waals surface area contributed by atoms with E-state index in [2.05, 4.69) is 105 Å². The third-order valence-electron chi connectivity index (χ3n) is 9.58. The predicted molar refractivity (Wildman–Crippen MR) is 313 cm³/mol. The maximum absolute atomic E-state index is 11.8. The van der Waals surface area contributed by atoms with Crippen molar-refractivity contribution in [1.82, 2.24) is 10.6 Å². The number of nitrogen functional groups attached to an aromatic ring is 1. The molecular weight excluding hydrogens is 1300 g/mol. The number of amides is 4. The van der Waals surface area contributed by atoms with E-state index in [9.17, 15) is 24.0 Å². The van der Waals surface area contributed by atoms with Gasteiger partial charge in [-0.05, 0) is 142 Å². The highest BCUT2D eigenvalue weighted by Crippen LogP contribution is 2.24. The van der Waals surface area contributed by atoms with Gasteiger partial charge in [-0.2, -0.15) is 19.2 Å². The van der Waals surface area contributed by atoms with Crippen LogP contribution in [-0.2, 0) is 63.9 Å². The van der Waals surface area contributed by atoms with Crippen molar-refractivity contribution in [1.29, 1.82) is 0 Å². The number of benzene rings is 4. The second-order valence-corrected chi connectivity index (χ2v) is 19.3. The standard InChI is InChI=1S/C13H16BrNO2.C11H14BrNO2.C9H6BrNO2.C8H10BrN.C4H11NO.C4H10O.C3H5ClO2.2CO2/c1-2-3-6-17-12-8-9-7-10(14)4-5-11(9)13(16)15-12;1-3-8-5-6-9(12)7-10(8)13-11(14)15-4-2;10-6-1-2-7-5(3-6)4-8(12)11-9(7)13;1-2-6-3-4-7(9)5-8(6)10;5-3-1-2-4-6;1-2-3-4-5;1-2-6-3(4)5;2*2-1-3/h4-5,7,12H,2-3,6,8H2,1H3,(H,15,16);5-7H,3-4H2,1-2H3,(H,13,14);1-3H,4H2,(H,11,12,13);3-5H,2,10H2,1H3;6H,1-5H2;5H,2-4H2,1H3;2H2,1H3;;. The van der Waals surface area contributed by atoms with Crippen LogP contribution in [0.15, 0.2) is 90.7 Å². The van der Waals surface area contributed by atoms with Crippen LogP contribution < -0.4 is 27.4 Å². The van der Waals surface area contributed by atoms with Gasteiger partial charge in [0.05, 0.1) is 19.6 Å². The van der Waals surface area contributed by atoms with Gasteiger partial charge in [0.25, 0.3) is 11.8 Å². The number of anilines is 2. The zero-order valence-corrected chi connectivity index (χ0v) is 51.8. The average Bonchev–Trinajstić information content (AvgIpc) is 3.37. The summed E-state index contributed by atoms with van der Waals surface area (Å²) in [5, 5.41) is 24.1. The van der Waals surface area contributed by atoms with Crippen molar-refractivity contribution in [3.63, 3.8) is 0 Å². The summed E-state index contributed by atoms with van der Waals surface area (Å²) in [5.74, 6) is -0.588. The molecule has 19 nitrogen and oxygen atoms in total. The van der Waals surface area contributed by atoms with Crippen LogP contribution in [0.5, 0.6) is 0 Å². The quantitative estimate of drug-likeness (QED) is 0.0267. The Labute approximate surface area is 495 Å². The number of rotatable bonds is 14. The van der Waals surface area contributed by atoms with Gasteiger partial charge in [0.2, 0.25) is 5.91 Å². The van der Waals surface area contributed by atoms with Gasteiger partial charge in [0.1, 0.15) is 6.23 Å². The van der Waals surface area contributed by atoms with Gasteiger partial charge in [-0.1, -0.05) is 116 Å². The van der Waals surface area contributed by atoms with Gasteiger partial charge in [-0.3, -0.25) is 25.0 Å². The Morgan fingerprint density at radius 2 is 1.17 bits per heavy atom. The third kappa shape index (κ3) is 38.4. The van der Waals surface area contributed by atoms with Crippen molar-refractivity contribution in [3.05, 3.63) is 124 Å². The van der Waals surface area contributed by atoms with Crippen LogP contribution in [0, 0.1) is 0 Å². The van der Waals surface area contributed by atoms with Gasteiger partial charge >= 0.3 is 23.8 Å². The zero-order valence-electron chi connectivity index (χ0n) is 44.7. The average molecular weight is 1370 g/mol. The number of hydrogen-bond donors (Lipinski definition) is 7. The Morgan fingerprint density at radius 3 is 1.60 bits per heavy atom. The van der Waals surface area contributed by atoms with Gasteiger partial charge in [-0.15, -0.1) is 0 Å². The first-order valence-corrected chi connectivity index (χ1v) is 28.1. The summed E-state index contributed by atoms with van der Waals surface area (Å²) < 4.78 is 18.5. The normalized spacial score (nSPS) is 11.8. The van der Waals surface area contributed by atoms with Crippen LogP contribution in [-0.4, -0.2) is 97.6 Å². The fourth-order valence-corrected chi connectivity index (χ4v) is 7.57. The van der Waals surface area contributed by atoms with Crippen LogP contribution in [0.3, 0.4) is 0 Å². The number of ether oxygens (including phenoxy) is 3. The van der Waals surface area contributed by atoms with E-state index in [-0.39, 0.29) is 49.3 Å². The predicted octanol–water partition coefficient (Wildman–Crippen LogP) is 11.0. The molecular formula is C54H72Br4ClN5O14. The van der Waals surface area contributed by atoms with Crippen LogP contribution in [0.2, 0.25) is 0 Å². The number of aliphatic hydroxyl groups is 2. The van der Waals surface area contributed by atoms with Gasteiger partial charge in [0.15, 0.2) is 0 Å². The van der Waals surface area contributed by atoms with E-state index in [1.165, 1.54) is 5.56 Å². The Hall–Kier alpha value is -5.16. The van der Waals surface area contributed by atoms with Gasteiger partial charge in [-0.25, -0.2) is 9.59 Å². The van der Waals surface area contributed by atoms with Crippen molar-refractivity contribution in [2.45, 2.75) is 112 Å². The van der Waals surface area contributed by atoms with Gasteiger partial charge < -0.3 is 41.2 Å². The van der Waals surface area contributed by atoms with E-state index < -0.39 is 11.5 Å². The molecule has 4 amide bonds. The minimum absolute atomic E-state index is 0.0414. The molecule has 24 heteroatoms. The number of aryl methyl sites for hydroxylation is 2. The minimum Gasteiger partial charge on any atom is -0.454 e. The molecule has 4 aromatic carbocycles. The second-order valence-electron chi connectivity index (χ2n) is 15.4.